The number of nitriles is 1. The van der Waals surface area contributed by atoms with Crippen LogP contribution in [-0.2, 0) is 0 Å². The third-order valence-electron chi connectivity index (χ3n) is 5.28. The van der Waals surface area contributed by atoms with Gasteiger partial charge in [-0.1, -0.05) is 6.92 Å². The molecule has 6 heteroatoms. The molecule has 1 saturated heterocycles. The van der Waals surface area contributed by atoms with Gasteiger partial charge in [-0.25, -0.2) is 4.98 Å². The zero-order valence-electron chi connectivity index (χ0n) is 14.5. The molecule has 128 valence electrons. The first-order valence-corrected chi connectivity index (χ1v) is 8.74. The molecule has 0 radical (unpaired) electrons. The van der Waals surface area contributed by atoms with Crippen molar-refractivity contribution in [1.82, 2.24) is 15.2 Å². The maximum Gasteiger partial charge on any atom is 0.269 e. The maximum atomic E-state index is 11.7. The van der Waals surface area contributed by atoms with E-state index in [4.69, 9.17) is 0 Å². The van der Waals surface area contributed by atoms with E-state index in [-0.39, 0.29) is 11.6 Å². The first-order valence-electron chi connectivity index (χ1n) is 8.74. The lowest BCUT2D eigenvalue weighted by molar-refractivity contribution is 0.0958. The molecule has 1 amide bonds. The number of nitrogens with one attached hydrogen (secondary N) is 1. The van der Waals surface area contributed by atoms with Crippen LogP contribution in [0.5, 0.6) is 0 Å². The van der Waals surface area contributed by atoms with Gasteiger partial charge in [0.1, 0.15) is 11.8 Å². The summed E-state index contributed by atoms with van der Waals surface area (Å²) in [5, 5.41) is 11.9. The standard InChI is InChI=1S/C18H25N5O/c1-13-3-4-14(11-13)22-7-9-23(10-8-22)17-6-5-15(18(24)20-2)21-16(17)12-19/h5-6,13-14H,3-4,7-11H2,1-2H3,(H,20,24). The molecule has 2 aliphatic rings. The summed E-state index contributed by atoms with van der Waals surface area (Å²) in [4.78, 5) is 20.7. The van der Waals surface area contributed by atoms with Crippen molar-refractivity contribution in [2.45, 2.75) is 32.2 Å². The second kappa shape index (κ2) is 7.18. The smallest absolute Gasteiger partial charge is 0.269 e. The van der Waals surface area contributed by atoms with Gasteiger partial charge in [-0.05, 0) is 37.3 Å². The van der Waals surface area contributed by atoms with Gasteiger partial charge in [0.05, 0.1) is 5.69 Å². The second-order valence-electron chi connectivity index (χ2n) is 6.85. The molecular formula is C18H25N5O. The highest BCUT2D eigenvalue weighted by Crippen LogP contribution is 2.30. The number of hydrogen-bond donors (Lipinski definition) is 1. The predicted octanol–water partition coefficient (Wildman–Crippen LogP) is 1.62. The Hall–Kier alpha value is -2.13. The maximum absolute atomic E-state index is 11.7. The van der Waals surface area contributed by atoms with E-state index in [1.54, 1.807) is 13.1 Å². The Morgan fingerprint density at radius 3 is 2.62 bits per heavy atom. The lowest BCUT2D eigenvalue weighted by Gasteiger charge is -2.39. The second-order valence-corrected chi connectivity index (χ2v) is 6.85. The van der Waals surface area contributed by atoms with Crippen LogP contribution in [0.25, 0.3) is 0 Å². The summed E-state index contributed by atoms with van der Waals surface area (Å²) in [5.41, 5.74) is 1.46. The fourth-order valence-electron chi connectivity index (χ4n) is 3.88. The van der Waals surface area contributed by atoms with Crippen LogP contribution in [0.15, 0.2) is 12.1 Å². The van der Waals surface area contributed by atoms with Gasteiger partial charge < -0.3 is 10.2 Å². The third kappa shape index (κ3) is 3.36. The fraction of sp³-hybridized carbons (Fsp3) is 0.611. The predicted molar refractivity (Wildman–Crippen MR) is 92.9 cm³/mol. The van der Waals surface area contributed by atoms with Gasteiger partial charge in [-0.3, -0.25) is 9.69 Å². The number of nitrogens with zero attached hydrogens (tertiary/aromatic N) is 4. The Kier molecular flexibility index (Phi) is 5.00. The van der Waals surface area contributed by atoms with Crippen molar-refractivity contribution in [2.75, 3.05) is 38.1 Å². The summed E-state index contributed by atoms with van der Waals surface area (Å²) in [5.74, 6) is 0.581. The van der Waals surface area contributed by atoms with E-state index in [9.17, 15) is 10.1 Å². The van der Waals surface area contributed by atoms with Crippen molar-refractivity contribution in [3.8, 4) is 6.07 Å². The summed E-state index contributed by atoms with van der Waals surface area (Å²) in [6, 6.07) is 6.41. The molecule has 0 bridgehead atoms. The van der Waals surface area contributed by atoms with Gasteiger partial charge >= 0.3 is 0 Å². The minimum atomic E-state index is -0.266. The molecule has 0 aromatic carbocycles. The minimum absolute atomic E-state index is 0.266. The van der Waals surface area contributed by atoms with Crippen LogP contribution in [0.4, 0.5) is 5.69 Å². The molecule has 2 unspecified atom stereocenters. The Labute approximate surface area is 143 Å². The highest BCUT2D eigenvalue weighted by molar-refractivity contribution is 5.92. The molecule has 1 N–H and O–H groups in total. The summed E-state index contributed by atoms with van der Waals surface area (Å²) >= 11 is 0. The fourth-order valence-corrected chi connectivity index (χ4v) is 3.88. The zero-order valence-corrected chi connectivity index (χ0v) is 14.5. The Balaban J connectivity index is 1.68. The van der Waals surface area contributed by atoms with Gasteiger partial charge in [0, 0.05) is 39.3 Å². The number of amides is 1. The van der Waals surface area contributed by atoms with Gasteiger partial charge in [-0.15, -0.1) is 0 Å². The van der Waals surface area contributed by atoms with E-state index in [0.717, 1.165) is 43.8 Å². The monoisotopic (exact) mass is 327 g/mol. The molecule has 24 heavy (non-hydrogen) atoms. The molecule has 2 heterocycles. The number of hydrogen-bond acceptors (Lipinski definition) is 5. The summed E-state index contributed by atoms with van der Waals surface area (Å²) in [6.07, 6.45) is 3.97. The van der Waals surface area contributed by atoms with Gasteiger partial charge in [-0.2, -0.15) is 5.26 Å². The third-order valence-corrected chi connectivity index (χ3v) is 5.28. The topological polar surface area (TPSA) is 72.3 Å². The first-order chi connectivity index (χ1) is 11.6. The van der Waals surface area contributed by atoms with Crippen molar-refractivity contribution < 1.29 is 4.79 Å². The summed E-state index contributed by atoms with van der Waals surface area (Å²) in [6.45, 7) is 6.20. The SMILES string of the molecule is CNC(=O)c1ccc(N2CCN(C3CCC(C)C3)CC2)c(C#N)n1. The Morgan fingerprint density at radius 2 is 2.04 bits per heavy atom. The minimum Gasteiger partial charge on any atom is -0.367 e. The van der Waals surface area contributed by atoms with Crippen LogP contribution in [0, 0.1) is 17.2 Å². The number of rotatable bonds is 3. The Morgan fingerprint density at radius 1 is 1.29 bits per heavy atom. The lowest BCUT2D eigenvalue weighted by Crippen LogP contribution is -2.50. The highest BCUT2D eigenvalue weighted by Gasteiger charge is 2.30. The van der Waals surface area contributed by atoms with Gasteiger partial charge in [0.15, 0.2) is 5.69 Å². The van der Waals surface area contributed by atoms with Crippen molar-refractivity contribution in [3.63, 3.8) is 0 Å². The molecule has 2 fully saturated rings. The van der Waals surface area contributed by atoms with Crippen molar-refractivity contribution in [2.24, 2.45) is 5.92 Å². The molecule has 1 aliphatic carbocycles. The number of aromatic nitrogens is 1. The molecular weight excluding hydrogens is 302 g/mol. The largest absolute Gasteiger partial charge is 0.367 e. The van der Waals surface area contributed by atoms with Gasteiger partial charge in [0.25, 0.3) is 5.91 Å². The average Bonchev–Trinajstić information content (AvgIpc) is 3.07. The van der Waals surface area contributed by atoms with Crippen LogP contribution in [0.1, 0.15) is 42.4 Å². The van der Waals surface area contributed by atoms with Crippen LogP contribution in [0.2, 0.25) is 0 Å². The van der Waals surface area contributed by atoms with Crippen molar-refractivity contribution in [3.05, 3.63) is 23.5 Å². The molecule has 0 spiro atoms. The number of piperazine rings is 1. The number of carbonyl (C=O) groups excluding carboxylic acids is 1. The van der Waals surface area contributed by atoms with E-state index in [1.807, 2.05) is 6.07 Å². The summed E-state index contributed by atoms with van der Waals surface area (Å²) in [7, 11) is 1.56. The zero-order chi connectivity index (χ0) is 17.1. The van der Waals surface area contributed by atoms with Crippen molar-refractivity contribution >= 4 is 11.6 Å². The highest BCUT2D eigenvalue weighted by atomic mass is 16.1. The summed E-state index contributed by atoms with van der Waals surface area (Å²) < 4.78 is 0. The molecule has 1 aliphatic heterocycles. The Bertz CT molecular complexity index is 645. The van der Waals surface area contributed by atoms with Crippen LogP contribution < -0.4 is 10.2 Å². The van der Waals surface area contributed by atoms with E-state index >= 15 is 0 Å². The molecule has 3 rings (SSSR count). The van der Waals surface area contributed by atoms with Gasteiger partial charge in [0.2, 0.25) is 0 Å². The number of carbonyl (C=O) groups is 1. The quantitative estimate of drug-likeness (QED) is 0.913. The van der Waals surface area contributed by atoms with E-state index in [2.05, 4.69) is 33.1 Å². The van der Waals surface area contributed by atoms with E-state index in [1.165, 1.54) is 19.3 Å². The van der Waals surface area contributed by atoms with Crippen LogP contribution >= 0.6 is 0 Å². The first kappa shape index (κ1) is 16.7. The van der Waals surface area contributed by atoms with E-state index in [0.29, 0.717) is 5.69 Å². The number of pyridine rings is 1. The van der Waals surface area contributed by atoms with Crippen LogP contribution in [0.3, 0.4) is 0 Å². The molecule has 2 atom stereocenters. The molecule has 1 saturated carbocycles. The molecule has 6 nitrogen and oxygen atoms in total. The van der Waals surface area contributed by atoms with Crippen molar-refractivity contribution in [1.29, 1.82) is 5.26 Å². The molecule has 1 aromatic heterocycles. The van der Waals surface area contributed by atoms with Crippen LogP contribution in [-0.4, -0.2) is 55.1 Å². The lowest BCUT2D eigenvalue weighted by atomic mass is 10.1. The molecule has 1 aromatic rings. The number of anilines is 1. The average molecular weight is 327 g/mol. The normalized spacial score (nSPS) is 24.6. The van der Waals surface area contributed by atoms with E-state index < -0.39 is 0 Å².